The number of carbonyl (C=O) groups excluding carboxylic acids is 1. The summed E-state index contributed by atoms with van der Waals surface area (Å²) in [5, 5.41) is 13.6. The SMILES string of the molecule is COc1cccc(-n2cc(NC(=O)C(C)n3ccc(C(F)(F)F)n3)nn2)c1. The molecule has 0 aliphatic carbocycles. The molecule has 3 aromatic rings. The molecule has 0 bridgehead atoms. The summed E-state index contributed by atoms with van der Waals surface area (Å²) in [6, 6.07) is 6.88. The number of alkyl halides is 3. The maximum Gasteiger partial charge on any atom is 0.435 e. The van der Waals surface area contributed by atoms with Crippen molar-refractivity contribution >= 4 is 11.7 Å². The Morgan fingerprint density at radius 2 is 2.07 bits per heavy atom. The van der Waals surface area contributed by atoms with Gasteiger partial charge in [-0.3, -0.25) is 9.48 Å². The number of benzene rings is 1. The van der Waals surface area contributed by atoms with Crippen LogP contribution in [0.5, 0.6) is 5.75 Å². The molecule has 27 heavy (non-hydrogen) atoms. The van der Waals surface area contributed by atoms with Gasteiger partial charge in [-0.05, 0) is 25.1 Å². The average molecular weight is 380 g/mol. The Morgan fingerprint density at radius 3 is 2.74 bits per heavy atom. The van der Waals surface area contributed by atoms with Crippen LogP contribution in [0.3, 0.4) is 0 Å². The lowest BCUT2D eigenvalue weighted by atomic mass is 10.3. The number of hydrogen-bond acceptors (Lipinski definition) is 5. The molecular formula is C16H15F3N6O2. The molecule has 2 aromatic heterocycles. The molecule has 8 nitrogen and oxygen atoms in total. The molecule has 142 valence electrons. The predicted molar refractivity (Wildman–Crippen MR) is 88.5 cm³/mol. The summed E-state index contributed by atoms with van der Waals surface area (Å²) in [6.07, 6.45) is -2.00. The summed E-state index contributed by atoms with van der Waals surface area (Å²) in [7, 11) is 1.53. The molecule has 11 heteroatoms. The van der Waals surface area contributed by atoms with Gasteiger partial charge in [0.25, 0.3) is 0 Å². The lowest BCUT2D eigenvalue weighted by Gasteiger charge is -2.11. The number of anilines is 1. The highest BCUT2D eigenvalue weighted by Gasteiger charge is 2.34. The van der Waals surface area contributed by atoms with Gasteiger partial charge in [0.15, 0.2) is 11.5 Å². The molecule has 1 amide bonds. The Morgan fingerprint density at radius 1 is 1.30 bits per heavy atom. The molecule has 0 saturated heterocycles. The monoisotopic (exact) mass is 380 g/mol. The Bertz CT molecular complexity index is 950. The van der Waals surface area contributed by atoms with Gasteiger partial charge >= 0.3 is 6.18 Å². The molecule has 1 aromatic carbocycles. The van der Waals surface area contributed by atoms with Crippen molar-refractivity contribution in [3.05, 3.63) is 48.4 Å². The normalized spacial score (nSPS) is 12.6. The summed E-state index contributed by atoms with van der Waals surface area (Å²) in [6.45, 7) is 1.43. The van der Waals surface area contributed by atoms with Crippen LogP contribution in [0.1, 0.15) is 18.7 Å². The Hall–Kier alpha value is -3.37. The van der Waals surface area contributed by atoms with E-state index in [4.69, 9.17) is 4.74 Å². The maximum atomic E-state index is 12.6. The van der Waals surface area contributed by atoms with E-state index in [2.05, 4.69) is 20.7 Å². The van der Waals surface area contributed by atoms with E-state index >= 15 is 0 Å². The molecule has 0 radical (unpaired) electrons. The van der Waals surface area contributed by atoms with Gasteiger partial charge in [-0.2, -0.15) is 18.3 Å². The van der Waals surface area contributed by atoms with E-state index in [0.717, 1.165) is 16.9 Å². The number of hydrogen-bond donors (Lipinski definition) is 1. The first-order valence-electron chi connectivity index (χ1n) is 7.78. The molecule has 1 atom stereocenters. The zero-order valence-corrected chi connectivity index (χ0v) is 14.3. The van der Waals surface area contributed by atoms with E-state index in [1.165, 1.54) is 24.9 Å². The fourth-order valence-electron chi connectivity index (χ4n) is 2.26. The first-order valence-corrected chi connectivity index (χ1v) is 7.78. The molecule has 2 heterocycles. The van der Waals surface area contributed by atoms with Gasteiger partial charge in [0.2, 0.25) is 5.91 Å². The predicted octanol–water partition coefficient (Wildman–Crippen LogP) is 2.69. The number of nitrogens with one attached hydrogen (secondary N) is 1. The summed E-state index contributed by atoms with van der Waals surface area (Å²) in [4.78, 5) is 12.3. The Kier molecular flexibility index (Phi) is 4.84. The van der Waals surface area contributed by atoms with Gasteiger partial charge in [0.05, 0.1) is 19.0 Å². The highest BCUT2D eigenvalue weighted by Crippen LogP contribution is 2.28. The van der Waals surface area contributed by atoms with Crippen LogP contribution in [0.25, 0.3) is 5.69 Å². The highest BCUT2D eigenvalue weighted by atomic mass is 19.4. The second-order valence-corrected chi connectivity index (χ2v) is 5.59. The summed E-state index contributed by atoms with van der Waals surface area (Å²) in [5.74, 6) is 0.198. The second kappa shape index (κ2) is 7.09. The highest BCUT2D eigenvalue weighted by molar-refractivity contribution is 5.92. The topological polar surface area (TPSA) is 86.9 Å². The fourth-order valence-corrected chi connectivity index (χ4v) is 2.26. The number of ether oxygens (including phenoxy) is 1. The fraction of sp³-hybridized carbons (Fsp3) is 0.250. The molecule has 0 saturated carbocycles. The number of amides is 1. The van der Waals surface area contributed by atoms with Crippen molar-refractivity contribution < 1.29 is 22.7 Å². The molecule has 1 N–H and O–H groups in total. The van der Waals surface area contributed by atoms with Crippen molar-refractivity contribution in [3.8, 4) is 11.4 Å². The molecule has 0 aliphatic rings. The average Bonchev–Trinajstić information content (AvgIpc) is 3.30. The van der Waals surface area contributed by atoms with Crippen LogP contribution in [0, 0.1) is 0 Å². The van der Waals surface area contributed by atoms with Gasteiger partial charge in [-0.1, -0.05) is 11.3 Å². The Balaban J connectivity index is 1.71. The minimum atomic E-state index is -4.57. The van der Waals surface area contributed by atoms with Crippen molar-refractivity contribution in [1.29, 1.82) is 0 Å². The van der Waals surface area contributed by atoms with Gasteiger partial charge in [0.1, 0.15) is 11.8 Å². The summed E-state index contributed by atoms with van der Waals surface area (Å²) in [5.41, 5.74) is -0.400. The second-order valence-electron chi connectivity index (χ2n) is 5.59. The van der Waals surface area contributed by atoms with E-state index in [1.807, 2.05) is 0 Å². The molecular weight excluding hydrogens is 365 g/mol. The minimum Gasteiger partial charge on any atom is -0.497 e. The van der Waals surface area contributed by atoms with Crippen LogP contribution in [-0.4, -0.2) is 37.8 Å². The zero-order valence-electron chi connectivity index (χ0n) is 14.3. The van der Waals surface area contributed by atoms with Gasteiger partial charge < -0.3 is 10.1 Å². The van der Waals surface area contributed by atoms with E-state index in [-0.39, 0.29) is 5.82 Å². The summed E-state index contributed by atoms with van der Waals surface area (Å²) < 4.78 is 45.4. The van der Waals surface area contributed by atoms with Crippen LogP contribution < -0.4 is 10.1 Å². The number of halogens is 3. The maximum absolute atomic E-state index is 12.6. The number of carbonyl (C=O) groups is 1. The third-order valence-corrected chi connectivity index (χ3v) is 3.74. The number of methoxy groups -OCH3 is 1. The largest absolute Gasteiger partial charge is 0.497 e. The summed E-state index contributed by atoms with van der Waals surface area (Å²) >= 11 is 0. The first-order chi connectivity index (χ1) is 12.8. The number of aromatic nitrogens is 5. The van der Waals surface area contributed by atoms with Crippen molar-refractivity contribution in [2.75, 3.05) is 12.4 Å². The smallest absolute Gasteiger partial charge is 0.435 e. The van der Waals surface area contributed by atoms with E-state index < -0.39 is 23.8 Å². The molecule has 0 fully saturated rings. The lowest BCUT2D eigenvalue weighted by Crippen LogP contribution is -2.24. The Labute approximate surface area is 151 Å². The van der Waals surface area contributed by atoms with Crippen LogP contribution >= 0.6 is 0 Å². The van der Waals surface area contributed by atoms with Crippen molar-refractivity contribution in [2.45, 2.75) is 19.1 Å². The standard InChI is InChI=1S/C16H15F3N6O2/c1-10(24-7-6-13(22-24)16(17,18)19)15(26)20-14-9-25(23-21-14)11-4-3-5-12(8-11)27-2/h3-10H,1-2H3,(H,20,26). The molecule has 3 rings (SSSR count). The van der Waals surface area contributed by atoms with Gasteiger partial charge in [0, 0.05) is 12.3 Å². The van der Waals surface area contributed by atoms with Gasteiger partial charge in [-0.15, -0.1) is 5.10 Å². The van der Waals surface area contributed by atoms with Gasteiger partial charge in [-0.25, -0.2) is 4.68 Å². The zero-order chi connectivity index (χ0) is 19.6. The molecule has 1 unspecified atom stereocenters. The molecule has 0 spiro atoms. The quantitative estimate of drug-likeness (QED) is 0.735. The third-order valence-electron chi connectivity index (χ3n) is 3.74. The lowest BCUT2D eigenvalue weighted by molar-refractivity contribution is -0.141. The molecule has 0 aliphatic heterocycles. The van der Waals surface area contributed by atoms with E-state index in [1.54, 1.807) is 24.3 Å². The number of nitrogens with zero attached hydrogens (tertiary/aromatic N) is 5. The minimum absolute atomic E-state index is 0.151. The first kappa shape index (κ1) is 18.4. The van der Waals surface area contributed by atoms with Crippen LogP contribution in [0.2, 0.25) is 0 Å². The van der Waals surface area contributed by atoms with Crippen molar-refractivity contribution in [1.82, 2.24) is 24.8 Å². The van der Waals surface area contributed by atoms with Crippen LogP contribution in [0.15, 0.2) is 42.7 Å². The number of rotatable bonds is 5. The van der Waals surface area contributed by atoms with Crippen LogP contribution in [-0.2, 0) is 11.0 Å². The van der Waals surface area contributed by atoms with Crippen molar-refractivity contribution in [3.63, 3.8) is 0 Å². The van der Waals surface area contributed by atoms with Crippen molar-refractivity contribution in [2.24, 2.45) is 0 Å². The van der Waals surface area contributed by atoms with E-state index in [9.17, 15) is 18.0 Å². The van der Waals surface area contributed by atoms with E-state index in [0.29, 0.717) is 11.4 Å². The van der Waals surface area contributed by atoms with Crippen LogP contribution in [0.4, 0.5) is 19.0 Å². The third kappa shape index (κ3) is 4.07.